The summed E-state index contributed by atoms with van der Waals surface area (Å²) in [5.41, 5.74) is 0.893. The van der Waals surface area contributed by atoms with E-state index in [0.29, 0.717) is 20.3 Å². The monoisotopic (exact) mass is 522 g/mol. The molecule has 1 aliphatic heterocycles. The number of anilines is 1. The molecule has 1 aromatic heterocycles. The highest BCUT2D eigenvalue weighted by molar-refractivity contribution is 8.00. The van der Waals surface area contributed by atoms with Crippen LogP contribution in [0.25, 0.3) is 10.2 Å². The quantitative estimate of drug-likeness (QED) is 0.138. The number of nitro benzene ring substituents is 2. The molecule has 0 fully saturated rings. The van der Waals surface area contributed by atoms with Gasteiger partial charge in [0.15, 0.2) is 10.1 Å². The van der Waals surface area contributed by atoms with E-state index < -0.39 is 27.3 Å². The smallest absolute Gasteiger partial charge is 0.311 e. The maximum absolute atomic E-state index is 13.0. The van der Waals surface area contributed by atoms with Crippen molar-refractivity contribution >= 4 is 62.2 Å². The summed E-state index contributed by atoms with van der Waals surface area (Å²) >= 11 is 2.73. The molecule has 0 aliphatic carbocycles. The highest BCUT2D eigenvalue weighted by Gasteiger charge is 2.41. The van der Waals surface area contributed by atoms with Gasteiger partial charge in [0.25, 0.3) is 17.5 Å². The number of methoxy groups -OCH3 is 1. The Hall–Kier alpha value is -4.36. The third kappa shape index (κ3) is 3.93. The number of ether oxygens (including phenoxy) is 1. The number of rotatable bonds is 7. The summed E-state index contributed by atoms with van der Waals surface area (Å²) in [7, 11) is 1.37. The number of thioether (sulfide) groups is 1. The number of carbonyl (C=O) groups is 2. The number of fused-ring (bicyclic) bond motifs is 2. The molecule has 0 bridgehead atoms. The van der Waals surface area contributed by atoms with Crippen molar-refractivity contribution in [1.82, 2.24) is 4.98 Å². The average Bonchev–Trinajstić information content (AvgIpc) is 3.39. The third-order valence-electron chi connectivity index (χ3n) is 5.50. The van der Waals surface area contributed by atoms with Gasteiger partial charge in [-0.1, -0.05) is 23.9 Å². The van der Waals surface area contributed by atoms with Gasteiger partial charge in [-0.05, 0) is 35.9 Å². The Kier molecular flexibility index (Phi) is 5.86. The molecule has 4 aromatic rings. The van der Waals surface area contributed by atoms with E-state index in [1.165, 1.54) is 54.5 Å². The van der Waals surface area contributed by atoms with Crippen LogP contribution in [0.3, 0.4) is 0 Å². The van der Waals surface area contributed by atoms with Crippen molar-refractivity contribution in [3.8, 4) is 5.75 Å². The van der Waals surface area contributed by atoms with Crippen molar-refractivity contribution in [2.75, 3.05) is 12.0 Å². The van der Waals surface area contributed by atoms with Crippen LogP contribution >= 0.6 is 23.1 Å². The van der Waals surface area contributed by atoms with Gasteiger partial charge < -0.3 is 4.74 Å². The molecule has 0 atom stereocenters. The summed E-state index contributed by atoms with van der Waals surface area (Å²) in [5, 5.41) is 22.6. The van der Waals surface area contributed by atoms with Crippen LogP contribution in [0.5, 0.6) is 5.75 Å². The van der Waals surface area contributed by atoms with Crippen molar-refractivity contribution in [3.63, 3.8) is 0 Å². The maximum Gasteiger partial charge on any atom is 0.311 e. The summed E-state index contributed by atoms with van der Waals surface area (Å²) in [6, 6.07) is 13.6. The normalized spacial score (nSPS) is 12.8. The number of hydrogen-bond donors (Lipinski definition) is 0. The first kappa shape index (κ1) is 23.4. The largest absolute Gasteiger partial charge is 0.490 e. The highest BCUT2D eigenvalue weighted by Crippen LogP contribution is 2.38. The summed E-state index contributed by atoms with van der Waals surface area (Å²) in [6.07, 6.45) is 0. The molecule has 0 N–H and O–H groups in total. The van der Waals surface area contributed by atoms with Crippen molar-refractivity contribution in [1.29, 1.82) is 0 Å². The minimum atomic E-state index is -0.748. The molecule has 13 heteroatoms. The lowest BCUT2D eigenvalue weighted by Gasteiger charge is -2.13. The Morgan fingerprint density at radius 3 is 2.50 bits per heavy atom. The number of nitrogens with zero attached hydrogens (tertiary/aromatic N) is 4. The Balaban J connectivity index is 1.40. The van der Waals surface area contributed by atoms with E-state index in [2.05, 4.69) is 4.98 Å². The fourth-order valence-corrected chi connectivity index (χ4v) is 5.90. The number of benzene rings is 3. The Morgan fingerprint density at radius 2 is 1.78 bits per heavy atom. The fraction of sp³-hybridized carbons (Fsp3) is 0.0870. The standard InChI is InChI=1S/C23H14N4O7S2/c1-34-18-8-5-12(9-17(18)27(32)33)11-35-23-24-15-7-6-13(10-19(15)36-23)25-21(28)14-3-2-4-16(26(30)31)20(14)22(25)29/h2-10H,11H2,1H3. The van der Waals surface area contributed by atoms with Crippen molar-refractivity contribution in [2.45, 2.75) is 10.1 Å². The van der Waals surface area contributed by atoms with Crippen LogP contribution in [0.4, 0.5) is 17.1 Å². The molecule has 2 amide bonds. The molecule has 3 aromatic carbocycles. The Morgan fingerprint density at radius 1 is 1.00 bits per heavy atom. The Labute approximate surface area is 210 Å². The van der Waals surface area contributed by atoms with Gasteiger partial charge in [-0.3, -0.25) is 29.8 Å². The maximum atomic E-state index is 13.0. The van der Waals surface area contributed by atoms with Gasteiger partial charge in [-0.2, -0.15) is 0 Å². The lowest BCUT2D eigenvalue weighted by molar-refractivity contribution is -0.385. The van der Waals surface area contributed by atoms with Gasteiger partial charge in [0.05, 0.1) is 38.4 Å². The van der Waals surface area contributed by atoms with Gasteiger partial charge in [0.1, 0.15) is 5.56 Å². The van der Waals surface area contributed by atoms with E-state index >= 15 is 0 Å². The predicted octanol–water partition coefficient (Wildman–Crippen LogP) is 5.21. The number of hydrogen-bond acceptors (Lipinski definition) is 10. The second kappa shape index (κ2) is 9.02. The number of nitro groups is 2. The first-order valence-corrected chi connectivity index (χ1v) is 12.1. The zero-order chi connectivity index (χ0) is 25.6. The topological polar surface area (TPSA) is 146 Å². The van der Waals surface area contributed by atoms with Crippen LogP contribution < -0.4 is 9.64 Å². The minimum absolute atomic E-state index is 0.0107. The summed E-state index contributed by atoms with van der Waals surface area (Å²) in [5.74, 6) is -0.764. The summed E-state index contributed by atoms with van der Waals surface area (Å²) in [6.45, 7) is 0. The van der Waals surface area contributed by atoms with Crippen LogP contribution in [-0.2, 0) is 5.75 Å². The van der Waals surface area contributed by atoms with Gasteiger partial charge >= 0.3 is 5.69 Å². The van der Waals surface area contributed by atoms with E-state index in [-0.39, 0.29) is 28.3 Å². The fourth-order valence-electron chi connectivity index (χ4n) is 3.86. The van der Waals surface area contributed by atoms with Gasteiger partial charge in [-0.25, -0.2) is 9.88 Å². The lowest BCUT2D eigenvalue weighted by atomic mass is 10.1. The van der Waals surface area contributed by atoms with Crippen LogP contribution in [0, 0.1) is 20.2 Å². The van der Waals surface area contributed by atoms with E-state index in [1.54, 1.807) is 30.3 Å². The molecule has 1 aliphatic rings. The van der Waals surface area contributed by atoms with E-state index in [1.807, 2.05) is 0 Å². The Bertz CT molecular complexity index is 1600. The number of thiazole rings is 1. The molecule has 0 saturated carbocycles. The van der Waals surface area contributed by atoms with Crippen molar-refractivity contribution in [2.24, 2.45) is 0 Å². The lowest BCUT2D eigenvalue weighted by Crippen LogP contribution is -2.29. The molecule has 0 spiro atoms. The number of aromatic nitrogens is 1. The second-order valence-corrected chi connectivity index (χ2v) is 9.84. The predicted molar refractivity (Wildman–Crippen MR) is 133 cm³/mol. The minimum Gasteiger partial charge on any atom is -0.490 e. The van der Waals surface area contributed by atoms with Crippen molar-refractivity contribution < 1.29 is 24.2 Å². The molecule has 180 valence electrons. The molecular weight excluding hydrogens is 508 g/mol. The van der Waals surface area contributed by atoms with Crippen LogP contribution in [0.2, 0.25) is 0 Å². The van der Waals surface area contributed by atoms with Crippen LogP contribution in [-0.4, -0.2) is 33.8 Å². The molecule has 0 saturated heterocycles. The second-order valence-electron chi connectivity index (χ2n) is 7.59. The number of carbonyl (C=O) groups excluding carboxylic acids is 2. The van der Waals surface area contributed by atoms with E-state index in [0.717, 1.165) is 10.5 Å². The third-order valence-corrected chi connectivity index (χ3v) is 7.73. The first-order chi connectivity index (χ1) is 17.3. The van der Waals surface area contributed by atoms with Crippen LogP contribution in [0.15, 0.2) is 58.9 Å². The molecule has 11 nitrogen and oxygen atoms in total. The number of amides is 2. The van der Waals surface area contributed by atoms with E-state index in [4.69, 9.17) is 4.74 Å². The number of imide groups is 1. The molecular formula is C23H14N4O7S2. The molecule has 2 heterocycles. The summed E-state index contributed by atoms with van der Waals surface area (Å²) < 4.78 is 6.43. The van der Waals surface area contributed by atoms with Gasteiger partial charge in [0.2, 0.25) is 0 Å². The molecule has 0 radical (unpaired) electrons. The zero-order valence-corrected chi connectivity index (χ0v) is 20.0. The van der Waals surface area contributed by atoms with Crippen LogP contribution in [0.1, 0.15) is 26.3 Å². The molecule has 0 unspecified atom stereocenters. The van der Waals surface area contributed by atoms with E-state index in [9.17, 15) is 29.8 Å². The highest BCUT2D eigenvalue weighted by atomic mass is 32.2. The van der Waals surface area contributed by atoms with Crippen molar-refractivity contribution in [3.05, 3.63) is 91.5 Å². The van der Waals surface area contributed by atoms with Gasteiger partial charge in [0, 0.05) is 17.9 Å². The first-order valence-electron chi connectivity index (χ1n) is 10.3. The SMILES string of the molecule is COc1ccc(CSc2nc3ccc(N4C(=O)c5cccc([N+](=O)[O-])c5C4=O)cc3s2)cc1[N+](=O)[O-]. The summed E-state index contributed by atoms with van der Waals surface area (Å²) in [4.78, 5) is 52.8. The average molecular weight is 523 g/mol. The van der Waals surface area contributed by atoms with Gasteiger partial charge in [-0.15, -0.1) is 11.3 Å². The molecule has 36 heavy (non-hydrogen) atoms. The molecule has 5 rings (SSSR count). The zero-order valence-electron chi connectivity index (χ0n) is 18.4.